The second kappa shape index (κ2) is 6.16. The van der Waals surface area contributed by atoms with Gasteiger partial charge in [0.2, 0.25) is 0 Å². The number of carboxylic acid groups (broad SMARTS) is 1. The minimum atomic E-state index is -1.11. The van der Waals surface area contributed by atoms with Crippen molar-refractivity contribution >= 4 is 29.3 Å². The number of hydrogen-bond acceptors (Lipinski definition) is 5. The number of aromatic nitrogens is 2. The van der Waals surface area contributed by atoms with E-state index in [9.17, 15) is 9.59 Å². The highest BCUT2D eigenvalue weighted by Gasteiger charge is 2.12. The Labute approximate surface area is 119 Å². The summed E-state index contributed by atoms with van der Waals surface area (Å²) in [5.41, 5.74) is 0.812. The minimum Gasteiger partial charge on any atom is -0.477 e. The van der Waals surface area contributed by atoms with E-state index in [1.54, 1.807) is 18.3 Å². The summed E-state index contributed by atoms with van der Waals surface area (Å²) < 4.78 is 0. The molecule has 102 valence electrons. The zero-order chi connectivity index (χ0) is 14.5. The largest absolute Gasteiger partial charge is 0.477 e. The minimum absolute atomic E-state index is 0.0748. The van der Waals surface area contributed by atoms with Crippen LogP contribution in [0.25, 0.3) is 0 Å². The van der Waals surface area contributed by atoms with E-state index in [1.165, 1.54) is 30.1 Å². The fraction of sp³-hybridized carbons (Fsp3) is 0.0769. The Kier molecular flexibility index (Phi) is 4.31. The van der Waals surface area contributed by atoms with Crippen molar-refractivity contribution in [3.05, 3.63) is 47.9 Å². The molecule has 0 saturated carbocycles. The Balaban J connectivity index is 2.17. The van der Waals surface area contributed by atoms with E-state index in [2.05, 4.69) is 15.3 Å². The van der Waals surface area contributed by atoms with E-state index in [0.29, 0.717) is 16.3 Å². The molecule has 0 aliphatic carbocycles. The average Bonchev–Trinajstić information content (AvgIpc) is 2.47. The molecule has 7 heteroatoms. The molecule has 0 unspecified atom stereocenters. The number of aromatic carboxylic acids is 1. The fourth-order valence-electron chi connectivity index (χ4n) is 1.52. The van der Waals surface area contributed by atoms with Crippen LogP contribution in [0.4, 0.5) is 5.69 Å². The number of pyridine rings is 2. The van der Waals surface area contributed by atoms with Gasteiger partial charge in [0, 0.05) is 6.20 Å². The first-order valence-electron chi connectivity index (χ1n) is 5.61. The monoisotopic (exact) mass is 289 g/mol. The zero-order valence-corrected chi connectivity index (χ0v) is 11.3. The van der Waals surface area contributed by atoms with Gasteiger partial charge in [-0.05, 0) is 30.5 Å². The highest BCUT2D eigenvalue weighted by molar-refractivity contribution is 7.98. The Bertz CT molecular complexity index is 644. The first kappa shape index (κ1) is 14.0. The summed E-state index contributed by atoms with van der Waals surface area (Å²) in [5.74, 6) is -1.42. The normalized spacial score (nSPS) is 10.1. The Morgan fingerprint density at radius 1 is 1.25 bits per heavy atom. The molecule has 2 N–H and O–H groups in total. The predicted octanol–water partition coefficient (Wildman–Crippen LogP) is 2.15. The highest BCUT2D eigenvalue weighted by atomic mass is 32.2. The Morgan fingerprint density at radius 3 is 2.65 bits per heavy atom. The smallest absolute Gasteiger partial charge is 0.354 e. The van der Waals surface area contributed by atoms with Crippen LogP contribution in [0.3, 0.4) is 0 Å². The molecule has 20 heavy (non-hydrogen) atoms. The number of carbonyl (C=O) groups is 2. The van der Waals surface area contributed by atoms with E-state index >= 15 is 0 Å². The van der Waals surface area contributed by atoms with Gasteiger partial charge in [0.15, 0.2) is 0 Å². The third kappa shape index (κ3) is 3.12. The summed E-state index contributed by atoms with van der Waals surface area (Å²) in [6.07, 6.45) is 4.75. The van der Waals surface area contributed by atoms with E-state index in [0.717, 1.165) is 0 Å². The Hall–Kier alpha value is -2.41. The molecule has 0 aliphatic heterocycles. The van der Waals surface area contributed by atoms with Crippen molar-refractivity contribution in [2.24, 2.45) is 0 Å². The van der Waals surface area contributed by atoms with Gasteiger partial charge in [-0.15, -0.1) is 11.8 Å². The average molecular weight is 289 g/mol. The molecule has 6 nitrogen and oxygen atoms in total. The van der Waals surface area contributed by atoms with Crippen molar-refractivity contribution in [3.63, 3.8) is 0 Å². The second-order valence-electron chi connectivity index (χ2n) is 3.75. The van der Waals surface area contributed by atoms with Crippen molar-refractivity contribution in [2.75, 3.05) is 11.6 Å². The fourth-order valence-corrected chi connectivity index (χ4v) is 2.07. The molecule has 2 aromatic heterocycles. The van der Waals surface area contributed by atoms with Crippen LogP contribution in [0.1, 0.15) is 20.8 Å². The van der Waals surface area contributed by atoms with Crippen molar-refractivity contribution < 1.29 is 14.7 Å². The first-order chi connectivity index (χ1) is 9.61. The van der Waals surface area contributed by atoms with Gasteiger partial charge in [-0.2, -0.15) is 0 Å². The lowest BCUT2D eigenvalue weighted by Crippen LogP contribution is -2.14. The Morgan fingerprint density at radius 2 is 2.05 bits per heavy atom. The standard InChI is InChI=1S/C13H11N3O3S/c1-20-12-9(3-2-6-14-12)11(17)16-8-4-5-10(13(18)19)15-7-8/h2-7H,1H3,(H,16,17)(H,18,19). The molecule has 0 spiro atoms. The lowest BCUT2D eigenvalue weighted by atomic mass is 10.2. The number of thioether (sulfide) groups is 1. The molecule has 0 saturated heterocycles. The van der Waals surface area contributed by atoms with Gasteiger partial charge in [0.05, 0.1) is 17.4 Å². The van der Waals surface area contributed by atoms with Gasteiger partial charge < -0.3 is 10.4 Å². The van der Waals surface area contributed by atoms with Gasteiger partial charge in [-0.3, -0.25) is 4.79 Å². The summed E-state index contributed by atoms with van der Waals surface area (Å²) in [7, 11) is 0. The molecule has 0 aromatic carbocycles. The van der Waals surface area contributed by atoms with Crippen molar-refractivity contribution in [1.82, 2.24) is 9.97 Å². The topological polar surface area (TPSA) is 92.2 Å². The molecule has 2 aromatic rings. The summed E-state index contributed by atoms with van der Waals surface area (Å²) in [4.78, 5) is 30.6. The van der Waals surface area contributed by atoms with Gasteiger partial charge in [-0.1, -0.05) is 0 Å². The number of hydrogen-bond donors (Lipinski definition) is 2. The third-order valence-electron chi connectivity index (χ3n) is 2.45. The molecular weight excluding hydrogens is 278 g/mol. The summed E-state index contributed by atoms with van der Waals surface area (Å²) in [6.45, 7) is 0. The van der Waals surface area contributed by atoms with E-state index in [-0.39, 0.29) is 11.6 Å². The zero-order valence-electron chi connectivity index (χ0n) is 10.5. The maximum Gasteiger partial charge on any atom is 0.354 e. The number of rotatable bonds is 4. The lowest BCUT2D eigenvalue weighted by molar-refractivity contribution is 0.0690. The van der Waals surface area contributed by atoms with Crippen LogP contribution in [0, 0.1) is 0 Å². The van der Waals surface area contributed by atoms with Crippen LogP contribution in [-0.2, 0) is 0 Å². The molecule has 2 heterocycles. The molecule has 2 rings (SSSR count). The highest BCUT2D eigenvalue weighted by Crippen LogP contribution is 2.18. The van der Waals surface area contributed by atoms with Crippen LogP contribution in [0.2, 0.25) is 0 Å². The number of nitrogens with zero attached hydrogens (tertiary/aromatic N) is 2. The maximum atomic E-state index is 12.1. The van der Waals surface area contributed by atoms with Crippen LogP contribution >= 0.6 is 11.8 Å². The number of carboxylic acids is 1. The van der Waals surface area contributed by atoms with Crippen LogP contribution in [0.5, 0.6) is 0 Å². The quantitative estimate of drug-likeness (QED) is 0.838. The maximum absolute atomic E-state index is 12.1. The molecule has 0 bridgehead atoms. The van der Waals surface area contributed by atoms with E-state index in [4.69, 9.17) is 5.11 Å². The number of carbonyl (C=O) groups excluding carboxylic acids is 1. The molecule has 1 amide bonds. The molecule has 0 atom stereocenters. The van der Waals surface area contributed by atoms with Crippen LogP contribution in [-0.4, -0.2) is 33.2 Å². The molecule has 0 radical (unpaired) electrons. The van der Waals surface area contributed by atoms with Gasteiger partial charge in [0.25, 0.3) is 5.91 Å². The van der Waals surface area contributed by atoms with Crippen molar-refractivity contribution in [1.29, 1.82) is 0 Å². The first-order valence-corrected chi connectivity index (χ1v) is 6.84. The third-order valence-corrected chi connectivity index (χ3v) is 3.16. The van der Waals surface area contributed by atoms with E-state index < -0.39 is 5.97 Å². The number of amides is 1. The molecular formula is C13H11N3O3S. The summed E-state index contributed by atoms with van der Waals surface area (Å²) in [6, 6.07) is 6.17. The molecule has 0 aliphatic rings. The van der Waals surface area contributed by atoms with E-state index in [1.807, 2.05) is 6.26 Å². The SMILES string of the molecule is CSc1ncccc1C(=O)Nc1ccc(C(=O)O)nc1. The van der Waals surface area contributed by atoms with Crippen LogP contribution < -0.4 is 5.32 Å². The summed E-state index contributed by atoms with van der Waals surface area (Å²) in [5, 5.41) is 12.0. The second-order valence-corrected chi connectivity index (χ2v) is 4.55. The summed E-state index contributed by atoms with van der Waals surface area (Å²) >= 11 is 1.38. The van der Waals surface area contributed by atoms with Crippen molar-refractivity contribution in [2.45, 2.75) is 5.03 Å². The van der Waals surface area contributed by atoms with Gasteiger partial charge >= 0.3 is 5.97 Å². The predicted molar refractivity (Wildman–Crippen MR) is 75.2 cm³/mol. The van der Waals surface area contributed by atoms with Crippen LogP contribution in [0.15, 0.2) is 41.7 Å². The molecule has 0 fully saturated rings. The lowest BCUT2D eigenvalue weighted by Gasteiger charge is -2.07. The van der Waals surface area contributed by atoms with Gasteiger partial charge in [-0.25, -0.2) is 14.8 Å². The number of anilines is 1. The van der Waals surface area contributed by atoms with Crippen molar-refractivity contribution in [3.8, 4) is 0 Å². The number of nitrogens with one attached hydrogen (secondary N) is 1. The van der Waals surface area contributed by atoms with Gasteiger partial charge in [0.1, 0.15) is 10.7 Å².